The van der Waals surface area contributed by atoms with Gasteiger partial charge in [0.25, 0.3) is 0 Å². The molecule has 1 saturated heterocycles. The smallest absolute Gasteiger partial charge is 0.159 e. The van der Waals surface area contributed by atoms with Crippen LogP contribution in [0.5, 0.6) is 0 Å². The highest BCUT2D eigenvalue weighted by molar-refractivity contribution is 7.89. The van der Waals surface area contributed by atoms with E-state index in [4.69, 9.17) is 8.37 Å². The van der Waals surface area contributed by atoms with Crippen LogP contribution in [-0.2, 0) is 8.37 Å². The minimum Gasteiger partial charge on any atom is -0.288 e. The Hall–Kier alpha value is 0.270. The highest BCUT2D eigenvalue weighted by atomic mass is 32.2. The standard InChI is InChI=1S/C5H10O2S/c1-4-3-5(2)7-8-6-4/h4-5H,3H2,1-2H3. The lowest BCUT2D eigenvalue weighted by molar-refractivity contribution is 0.0985. The average molecular weight is 134 g/mol. The van der Waals surface area contributed by atoms with Gasteiger partial charge in [0, 0.05) is 6.42 Å². The van der Waals surface area contributed by atoms with Gasteiger partial charge in [-0.05, 0) is 13.8 Å². The van der Waals surface area contributed by atoms with Crippen LogP contribution in [-0.4, -0.2) is 12.2 Å². The van der Waals surface area contributed by atoms with Crippen LogP contribution in [0.3, 0.4) is 0 Å². The highest BCUT2D eigenvalue weighted by Gasteiger charge is 2.16. The van der Waals surface area contributed by atoms with Gasteiger partial charge in [0.2, 0.25) is 0 Å². The molecule has 0 saturated carbocycles. The molecule has 0 aromatic rings. The second-order valence-electron chi connectivity index (χ2n) is 2.12. The number of rotatable bonds is 0. The fourth-order valence-electron chi connectivity index (χ4n) is 0.703. The van der Waals surface area contributed by atoms with E-state index in [1.165, 1.54) is 0 Å². The Morgan fingerprint density at radius 1 is 1.25 bits per heavy atom. The van der Waals surface area contributed by atoms with Gasteiger partial charge in [-0.15, -0.1) is 0 Å². The van der Waals surface area contributed by atoms with Crippen LogP contribution in [0.25, 0.3) is 0 Å². The minimum absolute atomic E-state index is 0.351. The number of hydrogen-bond acceptors (Lipinski definition) is 3. The average Bonchev–Trinajstić information content (AvgIpc) is 1.64. The summed E-state index contributed by atoms with van der Waals surface area (Å²) in [7, 11) is 0. The van der Waals surface area contributed by atoms with Crippen molar-refractivity contribution in [2.45, 2.75) is 32.5 Å². The zero-order chi connectivity index (χ0) is 5.98. The molecule has 1 heterocycles. The Kier molecular flexibility index (Phi) is 2.16. The van der Waals surface area contributed by atoms with Gasteiger partial charge >= 0.3 is 0 Å². The van der Waals surface area contributed by atoms with Crippen molar-refractivity contribution in [1.29, 1.82) is 0 Å². The molecule has 0 aromatic heterocycles. The molecule has 8 heavy (non-hydrogen) atoms. The first-order chi connectivity index (χ1) is 3.79. The second kappa shape index (κ2) is 2.71. The summed E-state index contributed by atoms with van der Waals surface area (Å²) >= 11 is 1.11. The number of hydrogen-bond donors (Lipinski definition) is 0. The summed E-state index contributed by atoms with van der Waals surface area (Å²) < 4.78 is 10.1. The maximum absolute atomic E-state index is 5.04. The van der Waals surface area contributed by atoms with Gasteiger partial charge in [-0.1, -0.05) is 0 Å². The van der Waals surface area contributed by atoms with Gasteiger partial charge in [-0.3, -0.25) is 8.37 Å². The van der Waals surface area contributed by atoms with E-state index in [-0.39, 0.29) is 0 Å². The maximum atomic E-state index is 5.04. The van der Waals surface area contributed by atoms with Crippen molar-refractivity contribution < 1.29 is 8.37 Å². The van der Waals surface area contributed by atoms with Gasteiger partial charge in [0.1, 0.15) is 0 Å². The van der Waals surface area contributed by atoms with Gasteiger partial charge in [-0.2, -0.15) is 0 Å². The van der Waals surface area contributed by atoms with Crippen molar-refractivity contribution in [1.82, 2.24) is 0 Å². The first-order valence-electron chi connectivity index (χ1n) is 2.78. The van der Waals surface area contributed by atoms with Gasteiger partial charge in [0.15, 0.2) is 12.3 Å². The molecule has 0 radical (unpaired) electrons. The topological polar surface area (TPSA) is 18.5 Å². The zero-order valence-corrected chi connectivity index (χ0v) is 5.90. The van der Waals surface area contributed by atoms with Crippen molar-refractivity contribution in [2.24, 2.45) is 0 Å². The van der Waals surface area contributed by atoms with Crippen molar-refractivity contribution in [3.63, 3.8) is 0 Å². The molecule has 0 spiro atoms. The zero-order valence-electron chi connectivity index (χ0n) is 5.09. The SMILES string of the molecule is CC1CC(C)OSO1. The molecule has 3 heteroatoms. The molecular weight excluding hydrogens is 124 g/mol. The normalized spacial score (nSPS) is 39.8. The van der Waals surface area contributed by atoms with E-state index in [2.05, 4.69) is 0 Å². The molecule has 0 bridgehead atoms. The Morgan fingerprint density at radius 2 is 1.75 bits per heavy atom. The van der Waals surface area contributed by atoms with Gasteiger partial charge < -0.3 is 0 Å². The molecule has 0 aromatic carbocycles. The van der Waals surface area contributed by atoms with E-state index in [0.717, 1.165) is 18.7 Å². The monoisotopic (exact) mass is 134 g/mol. The largest absolute Gasteiger partial charge is 0.288 e. The molecule has 1 rings (SSSR count). The summed E-state index contributed by atoms with van der Waals surface area (Å²) in [5.74, 6) is 0. The lowest BCUT2D eigenvalue weighted by Gasteiger charge is -2.21. The Morgan fingerprint density at radius 3 is 2.00 bits per heavy atom. The summed E-state index contributed by atoms with van der Waals surface area (Å²) in [6.07, 6.45) is 1.71. The third-order valence-corrected chi connectivity index (χ3v) is 1.89. The van der Waals surface area contributed by atoms with Crippen molar-refractivity contribution >= 4 is 12.3 Å². The van der Waals surface area contributed by atoms with Crippen LogP contribution in [0, 0.1) is 0 Å². The molecule has 2 atom stereocenters. The van der Waals surface area contributed by atoms with Crippen LogP contribution >= 0.6 is 12.3 Å². The van der Waals surface area contributed by atoms with Crippen LogP contribution in [0.15, 0.2) is 0 Å². The third-order valence-electron chi connectivity index (χ3n) is 1.07. The molecule has 0 amide bonds. The van der Waals surface area contributed by atoms with Crippen molar-refractivity contribution in [3.8, 4) is 0 Å². The quantitative estimate of drug-likeness (QED) is 0.470. The van der Waals surface area contributed by atoms with E-state index < -0.39 is 0 Å². The molecule has 1 fully saturated rings. The lowest BCUT2D eigenvalue weighted by atomic mass is 10.2. The molecule has 2 unspecified atom stereocenters. The van der Waals surface area contributed by atoms with Gasteiger partial charge in [-0.25, -0.2) is 0 Å². The predicted octanol–water partition coefficient (Wildman–Crippen LogP) is 1.76. The Labute approximate surface area is 54.0 Å². The molecule has 1 aliphatic heterocycles. The highest BCUT2D eigenvalue weighted by Crippen LogP contribution is 2.23. The van der Waals surface area contributed by atoms with Crippen molar-refractivity contribution in [3.05, 3.63) is 0 Å². The molecule has 48 valence electrons. The first kappa shape index (κ1) is 6.39. The summed E-state index contributed by atoms with van der Waals surface area (Å²) in [5.41, 5.74) is 0. The summed E-state index contributed by atoms with van der Waals surface area (Å²) in [5, 5.41) is 0. The fourth-order valence-corrected chi connectivity index (χ4v) is 1.17. The van der Waals surface area contributed by atoms with Crippen molar-refractivity contribution in [2.75, 3.05) is 0 Å². The molecule has 0 N–H and O–H groups in total. The lowest BCUT2D eigenvalue weighted by Crippen LogP contribution is -2.19. The van der Waals surface area contributed by atoms with E-state index in [9.17, 15) is 0 Å². The Balaban J connectivity index is 2.23. The van der Waals surface area contributed by atoms with E-state index >= 15 is 0 Å². The van der Waals surface area contributed by atoms with E-state index in [1.807, 2.05) is 13.8 Å². The van der Waals surface area contributed by atoms with E-state index in [0.29, 0.717) is 12.2 Å². The maximum Gasteiger partial charge on any atom is 0.159 e. The third kappa shape index (κ3) is 1.65. The minimum atomic E-state index is 0.351. The summed E-state index contributed by atoms with van der Waals surface area (Å²) in [4.78, 5) is 0. The van der Waals surface area contributed by atoms with Crippen LogP contribution in [0.1, 0.15) is 20.3 Å². The molecular formula is C5H10O2S. The van der Waals surface area contributed by atoms with Gasteiger partial charge in [0.05, 0.1) is 12.2 Å². The summed E-state index contributed by atoms with van der Waals surface area (Å²) in [6.45, 7) is 4.10. The Bertz CT molecular complexity index is 68.8. The van der Waals surface area contributed by atoms with Crippen LogP contribution in [0.4, 0.5) is 0 Å². The fraction of sp³-hybridized carbons (Fsp3) is 1.00. The molecule has 0 aliphatic carbocycles. The van der Waals surface area contributed by atoms with Crippen LogP contribution < -0.4 is 0 Å². The van der Waals surface area contributed by atoms with Crippen LogP contribution in [0.2, 0.25) is 0 Å². The second-order valence-corrected chi connectivity index (χ2v) is 2.64. The summed E-state index contributed by atoms with van der Waals surface area (Å²) in [6, 6.07) is 0. The van der Waals surface area contributed by atoms with E-state index in [1.54, 1.807) is 0 Å². The first-order valence-corrected chi connectivity index (χ1v) is 3.44. The predicted molar refractivity (Wildman–Crippen MR) is 33.3 cm³/mol. The molecule has 1 aliphatic rings. The molecule has 2 nitrogen and oxygen atoms in total.